The van der Waals surface area contributed by atoms with Gasteiger partial charge in [-0.3, -0.25) is 5.21 Å². The number of nitrogens with one attached hydrogen (secondary N) is 1. The number of hydrogen-bond acceptors (Lipinski definition) is 2. The molecule has 0 rings (SSSR count). The lowest BCUT2D eigenvalue weighted by atomic mass is 10.5. The van der Waals surface area contributed by atoms with Crippen molar-refractivity contribution in [1.29, 1.82) is 0 Å². The van der Waals surface area contributed by atoms with E-state index in [1.807, 2.05) is 6.92 Å². The highest BCUT2D eigenvalue weighted by Crippen LogP contribution is 1.84. The summed E-state index contributed by atoms with van der Waals surface area (Å²) in [6, 6.07) is -0.461. The zero-order valence-corrected chi connectivity index (χ0v) is 5.72. The maximum absolute atomic E-state index is 10.5. The summed E-state index contributed by atoms with van der Waals surface area (Å²) < 4.78 is 0. The number of rotatable bonds is 2. The highest BCUT2D eigenvalue weighted by Gasteiger charge is 2.04. The molecule has 54 valence electrons. The summed E-state index contributed by atoms with van der Waals surface area (Å²) in [7, 11) is 1.47. The minimum Gasteiger partial charge on any atom is -0.339 e. The van der Waals surface area contributed by atoms with Crippen molar-refractivity contribution in [3.63, 3.8) is 0 Å². The number of nitrogens with zero attached hydrogens (tertiary/aromatic N) is 1. The first-order valence-electron chi connectivity index (χ1n) is 2.90. The topological polar surface area (TPSA) is 52.6 Å². The van der Waals surface area contributed by atoms with Gasteiger partial charge in [-0.1, -0.05) is 6.92 Å². The van der Waals surface area contributed by atoms with Crippen LogP contribution >= 0.6 is 0 Å². The molecule has 4 nitrogen and oxygen atoms in total. The predicted octanol–water partition coefficient (Wildman–Crippen LogP) is 0.427. The molecule has 2 amide bonds. The van der Waals surface area contributed by atoms with Crippen molar-refractivity contribution in [2.24, 2.45) is 0 Å². The van der Waals surface area contributed by atoms with Crippen LogP contribution in [0.3, 0.4) is 0 Å². The summed E-state index contributed by atoms with van der Waals surface area (Å²) >= 11 is 0. The van der Waals surface area contributed by atoms with Crippen molar-refractivity contribution in [2.75, 3.05) is 13.6 Å². The molecule has 9 heavy (non-hydrogen) atoms. The Morgan fingerprint density at radius 1 is 1.78 bits per heavy atom. The zero-order chi connectivity index (χ0) is 7.28. The van der Waals surface area contributed by atoms with Gasteiger partial charge < -0.3 is 5.32 Å². The molecule has 0 aromatic carbocycles. The summed E-state index contributed by atoms with van der Waals surface area (Å²) in [5.74, 6) is 0. The molecule has 0 atom stereocenters. The highest BCUT2D eigenvalue weighted by molar-refractivity contribution is 5.72. The summed E-state index contributed by atoms with van der Waals surface area (Å²) in [6.07, 6.45) is 0.754. The third kappa shape index (κ3) is 2.92. The van der Waals surface area contributed by atoms with Crippen molar-refractivity contribution in [3.05, 3.63) is 0 Å². The second-order valence-electron chi connectivity index (χ2n) is 1.68. The Balaban J connectivity index is 3.45. The Kier molecular flexibility index (Phi) is 3.79. The quantitative estimate of drug-likeness (QED) is 0.423. The van der Waals surface area contributed by atoms with E-state index >= 15 is 0 Å². The van der Waals surface area contributed by atoms with Crippen molar-refractivity contribution < 1.29 is 10.0 Å². The molecule has 0 aromatic rings. The van der Waals surface area contributed by atoms with E-state index in [0.29, 0.717) is 11.6 Å². The maximum Gasteiger partial charge on any atom is 0.340 e. The van der Waals surface area contributed by atoms with Crippen LogP contribution in [0.15, 0.2) is 0 Å². The van der Waals surface area contributed by atoms with Crippen LogP contribution in [0.4, 0.5) is 4.79 Å². The summed E-state index contributed by atoms with van der Waals surface area (Å²) in [5, 5.41) is 11.7. The van der Waals surface area contributed by atoms with E-state index in [-0.39, 0.29) is 0 Å². The molecule has 4 heteroatoms. The molecule has 0 aliphatic rings. The Morgan fingerprint density at radius 3 is 2.67 bits per heavy atom. The van der Waals surface area contributed by atoms with E-state index in [1.54, 1.807) is 0 Å². The number of carbonyl (C=O) groups is 1. The fourth-order valence-electron chi connectivity index (χ4n) is 0.442. The molecule has 0 saturated heterocycles. The van der Waals surface area contributed by atoms with Crippen molar-refractivity contribution in [1.82, 2.24) is 10.4 Å². The first kappa shape index (κ1) is 8.23. The summed E-state index contributed by atoms with van der Waals surface area (Å²) in [4.78, 5) is 10.5. The summed E-state index contributed by atoms with van der Waals surface area (Å²) in [6.45, 7) is 2.26. The van der Waals surface area contributed by atoms with E-state index in [0.717, 1.165) is 6.42 Å². The molecule has 0 saturated carbocycles. The van der Waals surface area contributed by atoms with Crippen LogP contribution in [0.1, 0.15) is 13.3 Å². The van der Waals surface area contributed by atoms with Crippen LogP contribution in [0.2, 0.25) is 0 Å². The lowest BCUT2D eigenvalue weighted by molar-refractivity contribution is -0.0420. The van der Waals surface area contributed by atoms with Gasteiger partial charge in [0, 0.05) is 13.6 Å². The molecule has 2 N–H and O–H groups in total. The van der Waals surface area contributed by atoms with E-state index in [1.165, 1.54) is 7.05 Å². The van der Waals surface area contributed by atoms with E-state index in [4.69, 9.17) is 5.21 Å². The lowest BCUT2D eigenvalue weighted by Gasteiger charge is -2.11. The molecule has 0 heterocycles. The van der Waals surface area contributed by atoms with Gasteiger partial charge in [-0.15, -0.1) is 0 Å². The largest absolute Gasteiger partial charge is 0.340 e. The minimum absolute atomic E-state index is 0.375. The summed E-state index contributed by atoms with van der Waals surface area (Å²) in [5.41, 5.74) is 0. The lowest BCUT2D eigenvalue weighted by Crippen LogP contribution is -2.35. The van der Waals surface area contributed by atoms with Crippen molar-refractivity contribution in [3.8, 4) is 0 Å². The van der Waals surface area contributed by atoms with Crippen LogP contribution in [0.5, 0.6) is 0 Å². The van der Waals surface area contributed by atoms with Gasteiger partial charge >= 0.3 is 6.03 Å². The molecule has 0 aliphatic carbocycles. The first-order chi connectivity index (χ1) is 4.22. The molecule has 0 aromatic heterocycles. The predicted molar refractivity (Wildman–Crippen MR) is 33.2 cm³/mol. The molecule has 0 bridgehead atoms. The molecular formula is C5H12N2O2. The second kappa shape index (κ2) is 4.14. The van der Waals surface area contributed by atoms with Gasteiger partial charge in [0.1, 0.15) is 0 Å². The molecule has 0 unspecified atom stereocenters. The maximum atomic E-state index is 10.5. The number of hydroxylamine groups is 2. The van der Waals surface area contributed by atoms with Crippen LogP contribution < -0.4 is 5.32 Å². The van der Waals surface area contributed by atoms with Gasteiger partial charge in [0.15, 0.2) is 0 Å². The Labute approximate surface area is 54.4 Å². The number of hydrogen-bond donors (Lipinski definition) is 2. The average molecular weight is 132 g/mol. The fraction of sp³-hybridized carbons (Fsp3) is 0.800. The second-order valence-corrected chi connectivity index (χ2v) is 1.68. The van der Waals surface area contributed by atoms with Crippen LogP contribution in [0.25, 0.3) is 0 Å². The molecule has 0 fully saturated rings. The molecule has 0 aliphatic heterocycles. The average Bonchev–Trinajstić information content (AvgIpc) is 1.87. The smallest absolute Gasteiger partial charge is 0.339 e. The first-order valence-corrected chi connectivity index (χ1v) is 2.90. The zero-order valence-electron chi connectivity index (χ0n) is 5.72. The highest BCUT2D eigenvalue weighted by atomic mass is 16.5. The van der Waals surface area contributed by atoms with Crippen molar-refractivity contribution in [2.45, 2.75) is 13.3 Å². The van der Waals surface area contributed by atoms with Gasteiger partial charge in [0.05, 0.1) is 0 Å². The van der Waals surface area contributed by atoms with E-state index in [2.05, 4.69) is 5.32 Å². The van der Waals surface area contributed by atoms with Gasteiger partial charge in [-0.2, -0.15) is 0 Å². The SMILES string of the molecule is CCCN(O)C(=O)NC. The molecule has 0 radical (unpaired) electrons. The Bertz CT molecular complexity index is 95.0. The Morgan fingerprint density at radius 2 is 2.33 bits per heavy atom. The van der Waals surface area contributed by atoms with Gasteiger partial charge in [0.25, 0.3) is 0 Å². The standard InChI is InChI=1S/C5H12N2O2/c1-3-4-7(9)5(8)6-2/h9H,3-4H2,1-2H3,(H,6,8). The molecular weight excluding hydrogens is 120 g/mol. The van der Waals surface area contributed by atoms with E-state index in [9.17, 15) is 4.79 Å². The third-order valence-corrected chi connectivity index (χ3v) is 0.884. The van der Waals surface area contributed by atoms with Gasteiger partial charge in [-0.25, -0.2) is 9.86 Å². The Hall–Kier alpha value is -0.770. The van der Waals surface area contributed by atoms with Crippen molar-refractivity contribution >= 4 is 6.03 Å². The minimum atomic E-state index is -0.461. The van der Waals surface area contributed by atoms with Gasteiger partial charge in [0.2, 0.25) is 0 Å². The van der Waals surface area contributed by atoms with Gasteiger partial charge in [-0.05, 0) is 6.42 Å². The van der Waals surface area contributed by atoms with Crippen LogP contribution in [-0.4, -0.2) is 29.9 Å². The van der Waals surface area contributed by atoms with E-state index < -0.39 is 6.03 Å². The number of amides is 2. The fourth-order valence-corrected chi connectivity index (χ4v) is 0.442. The normalized spacial score (nSPS) is 8.78. The molecule has 0 spiro atoms. The third-order valence-electron chi connectivity index (χ3n) is 0.884. The number of urea groups is 1. The van der Waals surface area contributed by atoms with Crippen LogP contribution in [0, 0.1) is 0 Å². The van der Waals surface area contributed by atoms with Crippen LogP contribution in [-0.2, 0) is 0 Å². The number of carbonyl (C=O) groups excluding carboxylic acids is 1. The monoisotopic (exact) mass is 132 g/mol.